The van der Waals surface area contributed by atoms with Gasteiger partial charge in [-0.15, -0.1) is 0 Å². The van der Waals surface area contributed by atoms with Gasteiger partial charge >= 0.3 is 0 Å². The van der Waals surface area contributed by atoms with Crippen molar-refractivity contribution < 1.29 is 0 Å². The summed E-state index contributed by atoms with van der Waals surface area (Å²) in [6, 6.07) is 3.56. The Morgan fingerprint density at radius 3 is 2.80 bits per heavy atom. The first-order valence-corrected chi connectivity index (χ1v) is 6.25. The number of hydrogen-bond donors (Lipinski definition) is 1. The largest absolute Gasteiger partial charge is 0.315 e. The number of nitriles is 1. The second-order valence-electron chi connectivity index (χ2n) is 4.75. The predicted octanol–water partition coefficient (Wildman–Crippen LogP) is 1.51. The molecule has 1 saturated heterocycles. The van der Waals surface area contributed by atoms with Gasteiger partial charge < -0.3 is 5.32 Å². The van der Waals surface area contributed by atoms with Crippen LogP contribution in [0.15, 0.2) is 0 Å². The van der Waals surface area contributed by atoms with Crippen molar-refractivity contribution in [1.29, 1.82) is 5.26 Å². The fourth-order valence-corrected chi connectivity index (χ4v) is 2.97. The van der Waals surface area contributed by atoms with E-state index in [0.29, 0.717) is 12.5 Å². The van der Waals surface area contributed by atoms with Crippen molar-refractivity contribution in [3.8, 4) is 6.07 Å². The maximum absolute atomic E-state index is 8.87. The molecule has 1 aliphatic heterocycles. The van der Waals surface area contributed by atoms with Crippen molar-refractivity contribution in [2.24, 2.45) is 0 Å². The van der Waals surface area contributed by atoms with Crippen LogP contribution in [0.2, 0.25) is 0 Å². The molecule has 3 nitrogen and oxygen atoms in total. The molecule has 1 heterocycles. The topological polar surface area (TPSA) is 39.1 Å². The Kier molecular flexibility index (Phi) is 3.99. The van der Waals surface area contributed by atoms with E-state index in [0.717, 1.165) is 19.1 Å². The second kappa shape index (κ2) is 5.48. The number of nitrogens with one attached hydrogen (secondary N) is 1. The highest BCUT2D eigenvalue weighted by Gasteiger charge is 2.29. The van der Waals surface area contributed by atoms with Crippen LogP contribution in [0.3, 0.4) is 0 Å². The van der Waals surface area contributed by atoms with Crippen molar-refractivity contribution in [3.05, 3.63) is 0 Å². The van der Waals surface area contributed by atoms with Crippen LogP contribution in [0.25, 0.3) is 0 Å². The summed E-state index contributed by atoms with van der Waals surface area (Å²) in [6.45, 7) is 3.30. The van der Waals surface area contributed by atoms with Crippen molar-refractivity contribution in [1.82, 2.24) is 10.2 Å². The van der Waals surface area contributed by atoms with Crippen molar-refractivity contribution in [3.63, 3.8) is 0 Å². The zero-order valence-corrected chi connectivity index (χ0v) is 9.41. The summed E-state index contributed by atoms with van der Waals surface area (Å²) < 4.78 is 0. The van der Waals surface area contributed by atoms with Crippen LogP contribution in [0.5, 0.6) is 0 Å². The molecule has 0 aromatic rings. The molecule has 2 aliphatic rings. The first kappa shape index (κ1) is 10.9. The van der Waals surface area contributed by atoms with Gasteiger partial charge in [0, 0.05) is 25.2 Å². The van der Waals surface area contributed by atoms with Gasteiger partial charge in [-0.05, 0) is 25.8 Å². The summed E-state index contributed by atoms with van der Waals surface area (Å²) >= 11 is 0. The first-order chi connectivity index (χ1) is 7.42. The molecule has 0 spiro atoms. The molecule has 2 rings (SSSR count). The third-order valence-corrected chi connectivity index (χ3v) is 3.74. The van der Waals surface area contributed by atoms with Crippen molar-refractivity contribution in [2.75, 3.05) is 19.6 Å². The van der Waals surface area contributed by atoms with Crippen molar-refractivity contribution >= 4 is 0 Å². The number of rotatable bonds is 2. The monoisotopic (exact) mass is 207 g/mol. The SMILES string of the molecule is N#CCC1CNCCCN1C1CCCC1. The molecule has 15 heavy (non-hydrogen) atoms. The molecule has 1 unspecified atom stereocenters. The molecule has 0 bridgehead atoms. The Bertz CT molecular complexity index is 228. The van der Waals surface area contributed by atoms with Crippen LogP contribution in [0.4, 0.5) is 0 Å². The van der Waals surface area contributed by atoms with Gasteiger partial charge in [0.2, 0.25) is 0 Å². The normalized spacial score (nSPS) is 29.9. The highest BCUT2D eigenvalue weighted by molar-refractivity contribution is 4.90. The average Bonchev–Trinajstić information content (AvgIpc) is 2.67. The minimum atomic E-state index is 0.459. The van der Waals surface area contributed by atoms with Gasteiger partial charge in [0.25, 0.3) is 0 Å². The fourth-order valence-electron chi connectivity index (χ4n) is 2.97. The molecule has 3 heteroatoms. The van der Waals surface area contributed by atoms with E-state index in [2.05, 4.69) is 16.3 Å². The minimum absolute atomic E-state index is 0.459. The zero-order valence-electron chi connectivity index (χ0n) is 9.41. The van der Waals surface area contributed by atoms with Gasteiger partial charge in [-0.25, -0.2) is 0 Å². The fraction of sp³-hybridized carbons (Fsp3) is 0.917. The molecular formula is C12H21N3. The van der Waals surface area contributed by atoms with Crippen LogP contribution in [0, 0.1) is 11.3 Å². The molecule has 0 amide bonds. The molecule has 84 valence electrons. The third-order valence-electron chi connectivity index (χ3n) is 3.74. The lowest BCUT2D eigenvalue weighted by Gasteiger charge is -2.33. The van der Waals surface area contributed by atoms with E-state index in [1.165, 1.54) is 38.6 Å². The van der Waals surface area contributed by atoms with Gasteiger partial charge in [-0.1, -0.05) is 12.8 Å². The van der Waals surface area contributed by atoms with E-state index in [9.17, 15) is 0 Å². The highest BCUT2D eigenvalue weighted by Crippen LogP contribution is 2.26. The Labute approximate surface area is 92.4 Å². The predicted molar refractivity (Wildman–Crippen MR) is 60.5 cm³/mol. The summed E-state index contributed by atoms with van der Waals surface area (Å²) in [5, 5.41) is 12.3. The lowest BCUT2D eigenvalue weighted by Crippen LogP contribution is -2.44. The Morgan fingerprint density at radius 2 is 2.07 bits per heavy atom. The Balaban J connectivity index is 1.99. The summed E-state index contributed by atoms with van der Waals surface area (Å²) in [4.78, 5) is 2.61. The Morgan fingerprint density at radius 1 is 1.27 bits per heavy atom. The van der Waals surface area contributed by atoms with E-state index in [4.69, 9.17) is 5.26 Å². The lowest BCUT2D eigenvalue weighted by molar-refractivity contribution is 0.147. The van der Waals surface area contributed by atoms with Gasteiger partial charge in [-0.3, -0.25) is 4.90 Å². The first-order valence-electron chi connectivity index (χ1n) is 6.25. The summed E-state index contributed by atoms with van der Waals surface area (Å²) in [5.74, 6) is 0. The molecular weight excluding hydrogens is 186 g/mol. The van der Waals surface area contributed by atoms with Crippen molar-refractivity contribution in [2.45, 2.75) is 50.6 Å². The molecule has 0 aromatic carbocycles. The lowest BCUT2D eigenvalue weighted by atomic mass is 10.1. The standard InChI is InChI=1S/C12H21N3/c13-7-6-12-10-14-8-3-9-15(12)11-4-1-2-5-11/h11-12,14H,1-6,8-10H2. The molecule has 1 aliphatic carbocycles. The van der Waals surface area contributed by atoms with Crippen LogP contribution in [-0.4, -0.2) is 36.6 Å². The highest BCUT2D eigenvalue weighted by atomic mass is 15.2. The zero-order chi connectivity index (χ0) is 10.5. The number of nitrogens with zero attached hydrogens (tertiary/aromatic N) is 2. The molecule has 0 radical (unpaired) electrons. The van der Waals surface area contributed by atoms with Gasteiger partial charge in [0.05, 0.1) is 12.5 Å². The summed E-state index contributed by atoms with van der Waals surface area (Å²) in [5.41, 5.74) is 0. The summed E-state index contributed by atoms with van der Waals surface area (Å²) in [6.07, 6.45) is 7.38. The molecule has 1 atom stereocenters. The van der Waals surface area contributed by atoms with E-state index in [-0.39, 0.29) is 0 Å². The minimum Gasteiger partial charge on any atom is -0.315 e. The van der Waals surface area contributed by atoms with E-state index >= 15 is 0 Å². The summed E-state index contributed by atoms with van der Waals surface area (Å²) in [7, 11) is 0. The average molecular weight is 207 g/mol. The molecule has 0 aromatic heterocycles. The molecule has 1 saturated carbocycles. The van der Waals surface area contributed by atoms with E-state index in [1.807, 2.05) is 0 Å². The number of hydrogen-bond acceptors (Lipinski definition) is 3. The van der Waals surface area contributed by atoms with E-state index < -0.39 is 0 Å². The van der Waals surface area contributed by atoms with E-state index in [1.54, 1.807) is 0 Å². The van der Waals surface area contributed by atoms with Gasteiger partial charge in [0.15, 0.2) is 0 Å². The molecule has 1 N–H and O–H groups in total. The Hall–Kier alpha value is -0.590. The van der Waals surface area contributed by atoms with Crippen LogP contribution >= 0.6 is 0 Å². The van der Waals surface area contributed by atoms with Crippen LogP contribution < -0.4 is 5.32 Å². The molecule has 2 fully saturated rings. The smallest absolute Gasteiger partial charge is 0.0638 e. The maximum Gasteiger partial charge on any atom is 0.0638 e. The van der Waals surface area contributed by atoms with Gasteiger partial charge in [0.1, 0.15) is 0 Å². The third kappa shape index (κ3) is 2.70. The van der Waals surface area contributed by atoms with Gasteiger partial charge in [-0.2, -0.15) is 5.26 Å². The second-order valence-corrected chi connectivity index (χ2v) is 4.75. The quantitative estimate of drug-likeness (QED) is 0.746. The van der Waals surface area contributed by atoms with Crippen LogP contribution in [-0.2, 0) is 0 Å². The maximum atomic E-state index is 8.87. The van der Waals surface area contributed by atoms with Crippen LogP contribution in [0.1, 0.15) is 38.5 Å².